The van der Waals surface area contributed by atoms with Crippen LogP contribution in [-0.4, -0.2) is 31.4 Å². The fourth-order valence-electron chi connectivity index (χ4n) is 2.89. The van der Waals surface area contributed by atoms with Gasteiger partial charge in [-0.1, -0.05) is 29.3 Å². The molecule has 11 heteroatoms. The van der Waals surface area contributed by atoms with Gasteiger partial charge in [0, 0.05) is 5.02 Å². The van der Waals surface area contributed by atoms with Crippen molar-refractivity contribution < 1.29 is 16.8 Å². The lowest BCUT2D eigenvalue weighted by atomic mass is 10.2. The van der Waals surface area contributed by atoms with Crippen LogP contribution in [0.1, 0.15) is 5.56 Å². The Kier molecular flexibility index (Phi) is 4.80. The molecular formula is C19H15ClN4O4S2. The van der Waals surface area contributed by atoms with E-state index in [1.165, 1.54) is 36.4 Å². The number of nitrogen functional groups attached to an aromatic ring is 1. The van der Waals surface area contributed by atoms with Crippen molar-refractivity contribution in [2.75, 3.05) is 5.73 Å². The summed E-state index contributed by atoms with van der Waals surface area (Å²) in [6.45, 7) is 1.84. The number of hydrogen-bond donors (Lipinski definition) is 1. The van der Waals surface area contributed by atoms with Crippen molar-refractivity contribution in [3.05, 3.63) is 71.5 Å². The van der Waals surface area contributed by atoms with E-state index in [1.807, 2.05) is 6.92 Å². The largest absolute Gasteiger partial charge is 0.382 e. The van der Waals surface area contributed by atoms with Gasteiger partial charge in [0.15, 0.2) is 5.65 Å². The van der Waals surface area contributed by atoms with E-state index >= 15 is 0 Å². The minimum absolute atomic E-state index is 0.0283. The Morgan fingerprint density at radius 2 is 1.37 bits per heavy atom. The Labute approximate surface area is 177 Å². The van der Waals surface area contributed by atoms with Crippen LogP contribution in [0.3, 0.4) is 0 Å². The van der Waals surface area contributed by atoms with Crippen LogP contribution in [-0.2, 0) is 19.7 Å². The Balaban J connectivity index is 1.86. The fraction of sp³-hybridized carbons (Fsp3) is 0.0526. The molecule has 154 valence electrons. The van der Waals surface area contributed by atoms with Crippen molar-refractivity contribution in [3.63, 3.8) is 0 Å². The third-order valence-corrected chi connectivity index (χ3v) is 8.33. The number of benzene rings is 2. The van der Waals surface area contributed by atoms with Crippen molar-refractivity contribution in [2.24, 2.45) is 0 Å². The van der Waals surface area contributed by atoms with Gasteiger partial charge in [-0.15, -0.1) is 0 Å². The molecule has 2 aromatic heterocycles. The van der Waals surface area contributed by atoms with Crippen molar-refractivity contribution in [1.82, 2.24) is 14.6 Å². The predicted molar refractivity (Wildman–Crippen MR) is 111 cm³/mol. The number of rotatable bonds is 4. The number of halogens is 1. The van der Waals surface area contributed by atoms with E-state index in [0.29, 0.717) is 5.02 Å². The van der Waals surface area contributed by atoms with Gasteiger partial charge in [-0.05, 0) is 43.3 Å². The average molecular weight is 463 g/mol. The first-order valence-electron chi connectivity index (χ1n) is 8.57. The molecular weight excluding hydrogens is 448 g/mol. The van der Waals surface area contributed by atoms with E-state index in [9.17, 15) is 16.8 Å². The molecule has 0 aliphatic carbocycles. The monoisotopic (exact) mass is 462 g/mol. The highest BCUT2D eigenvalue weighted by Gasteiger charge is 2.28. The smallest absolute Gasteiger partial charge is 0.211 e. The highest BCUT2D eigenvalue weighted by molar-refractivity contribution is 7.92. The van der Waals surface area contributed by atoms with Crippen LogP contribution in [0.25, 0.3) is 5.65 Å². The summed E-state index contributed by atoms with van der Waals surface area (Å²) >= 11 is 5.82. The number of nitrogens with zero attached hydrogens (tertiary/aromatic N) is 3. The number of aromatic nitrogens is 3. The van der Waals surface area contributed by atoms with Crippen LogP contribution in [0.5, 0.6) is 0 Å². The number of aryl methyl sites for hydroxylation is 1. The van der Waals surface area contributed by atoms with Gasteiger partial charge in [-0.3, -0.25) is 0 Å². The van der Waals surface area contributed by atoms with Crippen molar-refractivity contribution in [1.29, 1.82) is 0 Å². The molecule has 0 unspecified atom stereocenters. The second-order valence-corrected chi connectivity index (χ2v) is 10.8. The number of sulfone groups is 2. The molecule has 30 heavy (non-hydrogen) atoms. The van der Waals surface area contributed by atoms with E-state index in [0.717, 1.165) is 22.5 Å². The molecule has 0 atom stereocenters. The second-order valence-electron chi connectivity index (χ2n) is 6.53. The first-order chi connectivity index (χ1) is 14.1. The molecule has 0 amide bonds. The Morgan fingerprint density at radius 1 is 0.833 bits per heavy atom. The second kappa shape index (κ2) is 7.08. The Bertz CT molecular complexity index is 1480. The van der Waals surface area contributed by atoms with E-state index in [-0.39, 0.29) is 31.0 Å². The summed E-state index contributed by atoms with van der Waals surface area (Å²) in [6.07, 6.45) is 2.14. The molecule has 0 fully saturated rings. The summed E-state index contributed by atoms with van der Waals surface area (Å²) in [7, 11) is -7.94. The predicted octanol–water partition coefficient (Wildman–Crippen LogP) is 2.94. The third-order valence-electron chi connectivity index (χ3n) is 4.53. The van der Waals surface area contributed by atoms with Crippen molar-refractivity contribution in [2.45, 2.75) is 26.5 Å². The lowest BCUT2D eigenvalue weighted by Gasteiger charge is -2.09. The van der Waals surface area contributed by atoms with Crippen molar-refractivity contribution >= 4 is 42.7 Å². The van der Waals surface area contributed by atoms with E-state index in [4.69, 9.17) is 17.3 Å². The molecule has 0 aliphatic heterocycles. The summed E-state index contributed by atoms with van der Waals surface area (Å²) in [5, 5.41) is 4.36. The first-order valence-corrected chi connectivity index (χ1v) is 11.9. The van der Waals surface area contributed by atoms with Crippen LogP contribution < -0.4 is 5.73 Å². The zero-order chi connectivity index (χ0) is 21.7. The summed E-state index contributed by atoms with van der Waals surface area (Å²) in [5.74, 6) is -0.250. The SMILES string of the molecule is Cc1ccc(S(=O)(=O)c2cnn3c(N)c(S(=O)(=O)c4ccc(Cl)cc4)cnc23)cc1. The van der Waals surface area contributed by atoms with Gasteiger partial charge < -0.3 is 5.73 Å². The van der Waals surface area contributed by atoms with E-state index in [1.54, 1.807) is 12.1 Å². The molecule has 4 rings (SSSR count). The molecule has 8 nitrogen and oxygen atoms in total. The molecule has 0 aliphatic rings. The number of hydrogen-bond acceptors (Lipinski definition) is 7. The molecule has 2 heterocycles. The van der Waals surface area contributed by atoms with Crippen LogP contribution in [0.2, 0.25) is 5.02 Å². The fourth-order valence-corrected chi connectivity index (χ4v) is 5.63. The zero-order valence-corrected chi connectivity index (χ0v) is 17.9. The molecule has 0 saturated carbocycles. The van der Waals surface area contributed by atoms with Gasteiger partial charge in [0.2, 0.25) is 19.7 Å². The molecule has 0 saturated heterocycles. The van der Waals surface area contributed by atoms with Crippen LogP contribution >= 0.6 is 11.6 Å². The maximum atomic E-state index is 13.0. The van der Waals surface area contributed by atoms with Crippen LogP contribution in [0.15, 0.2) is 80.5 Å². The van der Waals surface area contributed by atoms with E-state index < -0.39 is 19.7 Å². The van der Waals surface area contributed by atoms with Gasteiger partial charge >= 0.3 is 0 Å². The zero-order valence-electron chi connectivity index (χ0n) is 15.5. The number of nitrogens with two attached hydrogens (primary N) is 1. The van der Waals surface area contributed by atoms with Crippen LogP contribution in [0, 0.1) is 6.92 Å². The highest BCUT2D eigenvalue weighted by atomic mass is 35.5. The van der Waals surface area contributed by atoms with Gasteiger partial charge in [0.1, 0.15) is 15.6 Å². The maximum absolute atomic E-state index is 13.0. The van der Waals surface area contributed by atoms with Crippen LogP contribution in [0.4, 0.5) is 5.82 Å². The summed E-state index contributed by atoms with van der Waals surface area (Å²) in [4.78, 5) is 3.63. The summed E-state index contributed by atoms with van der Waals surface area (Å²) in [6, 6.07) is 11.9. The first kappa shape index (κ1) is 20.3. The summed E-state index contributed by atoms with van der Waals surface area (Å²) in [5.41, 5.74) is 6.89. The number of anilines is 1. The molecule has 0 spiro atoms. The normalized spacial score (nSPS) is 12.3. The average Bonchev–Trinajstić information content (AvgIpc) is 3.15. The highest BCUT2D eigenvalue weighted by Crippen LogP contribution is 2.30. The maximum Gasteiger partial charge on any atom is 0.211 e. The van der Waals surface area contributed by atoms with E-state index in [2.05, 4.69) is 10.1 Å². The molecule has 2 N–H and O–H groups in total. The molecule has 0 radical (unpaired) electrons. The van der Waals surface area contributed by atoms with Gasteiger partial charge in [-0.25, -0.2) is 21.8 Å². The summed E-state index contributed by atoms with van der Waals surface area (Å²) < 4.78 is 52.9. The number of fused-ring (bicyclic) bond motifs is 1. The minimum Gasteiger partial charge on any atom is -0.382 e. The quantitative estimate of drug-likeness (QED) is 0.494. The lowest BCUT2D eigenvalue weighted by molar-refractivity contribution is 0.595. The van der Waals surface area contributed by atoms with Gasteiger partial charge in [0.05, 0.1) is 22.2 Å². The topological polar surface area (TPSA) is 124 Å². The molecule has 0 bridgehead atoms. The Morgan fingerprint density at radius 3 is 1.97 bits per heavy atom. The van der Waals surface area contributed by atoms with Gasteiger partial charge in [-0.2, -0.15) is 9.61 Å². The van der Waals surface area contributed by atoms with Gasteiger partial charge in [0.25, 0.3) is 0 Å². The lowest BCUT2D eigenvalue weighted by Crippen LogP contribution is -2.11. The Hall–Kier alpha value is -2.95. The molecule has 2 aromatic carbocycles. The van der Waals surface area contributed by atoms with Crippen molar-refractivity contribution in [3.8, 4) is 0 Å². The standard InChI is InChI=1S/C19H15ClN4O4S2/c1-12-2-6-14(7-3-12)30(27,28)17-11-23-24-18(21)16(10-22-19(17)24)29(25,26)15-8-4-13(20)5-9-15/h2-11H,21H2,1H3. The molecule has 4 aromatic rings. The minimum atomic E-state index is -4.02. The third kappa shape index (κ3) is 3.22.